The first-order chi connectivity index (χ1) is 12.2. The van der Waals surface area contributed by atoms with Crippen LogP contribution in [0.1, 0.15) is 18.1 Å². The lowest BCUT2D eigenvalue weighted by atomic mass is 10.1. The number of anilines is 1. The van der Waals surface area contributed by atoms with Crippen LogP contribution in [0.25, 0.3) is 0 Å². The Morgan fingerprint density at radius 1 is 1.12 bits per heavy atom. The predicted octanol–water partition coefficient (Wildman–Crippen LogP) is 4.35. The van der Waals surface area contributed by atoms with Crippen molar-refractivity contribution in [3.8, 4) is 0 Å². The number of alkyl halides is 3. The molecule has 0 aliphatic heterocycles. The van der Waals surface area contributed by atoms with Gasteiger partial charge in [0.1, 0.15) is 6.54 Å². The lowest BCUT2D eigenvalue weighted by molar-refractivity contribution is -0.137. The van der Waals surface area contributed by atoms with Crippen molar-refractivity contribution < 1.29 is 22.8 Å². The predicted molar refractivity (Wildman–Crippen MR) is 92.6 cm³/mol. The van der Waals surface area contributed by atoms with Crippen molar-refractivity contribution in [2.24, 2.45) is 0 Å². The summed E-state index contributed by atoms with van der Waals surface area (Å²) >= 11 is 5.61. The Labute approximate surface area is 153 Å². The smallest absolute Gasteiger partial charge is 0.329 e. The van der Waals surface area contributed by atoms with Gasteiger partial charge in [0.15, 0.2) is 0 Å². The van der Waals surface area contributed by atoms with Crippen LogP contribution in [0.2, 0.25) is 5.02 Å². The molecule has 138 valence electrons. The third-order valence-electron chi connectivity index (χ3n) is 3.56. The van der Waals surface area contributed by atoms with E-state index >= 15 is 0 Å². The van der Waals surface area contributed by atoms with Crippen LogP contribution in [0.4, 0.5) is 18.9 Å². The summed E-state index contributed by atoms with van der Waals surface area (Å²) in [4.78, 5) is 25.2. The minimum absolute atomic E-state index is 0.0928. The van der Waals surface area contributed by atoms with E-state index < -0.39 is 23.3 Å². The molecule has 0 atom stereocenters. The van der Waals surface area contributed by atoms with E-state index in [2.05, 4.69) is 5.32 Å². The van der Waals surface area contributed by atoms with Crippen molar-refractivity contribution in [2.45, 2.75) is 19.6 Å². The van der Waals surface area contributed by atoms with Crippen LogP contribution in [-0.2, 0) is 22.3 Å². The van der Waals surface area contributed by atoms with Crippen LogP contribution in [0.15, 0.2) is 48.5 Å². The lowest BCUT2D eigenvalue weighted by Crippen LogP contribution is -2.36. The SMILES string of the molecule is CC(=O)N(CC(=O)Nc1ccc(Cl)cc1C(F)(F)F)Cc1ccccc1. The fraction of sp³-hybridized carbons (Fsp3) is 0.222. The molecule has 0 unspecified atom stereocenters. The van der Waals surface area contributed by atoms with Crippen molar-refractivity contribution in [3.05, 3.63) is 64.7 Å². The van der Waals surface area contributed by atoms with Gasteiger partial charge >= 0.3 is 6.18 Å². The Hall–Kier alpha value is -2.54. The third-order valence-corrected chi connectivity index (χ3v) is 3.79. The highest BCUT2D eigenvalue weighted by Gasteiger charge is 2.34. The van der Waals surface area contributed by atoms with E-state index in [1.807, 2.05) is 6.07 Å². The van der Waals surface area contributed by atoms with Gasteiger partial charge in [-0.2, -0.15) is 13.2 Å². The van der Waals surface area contributed by atoms with Gasteiger partial charge in [-0.3, -0.25) is 9.59 Å². The van der Waals surface area contributed by atoms with Crippen molar-refractivity contribution in [2.75, 3.05) is 11.9 Å². The zero-order valence-corrected chi connectivity index (χ0v) is 14.6. The fourth-order valence-corrected chi connectivity index (χ4v) is 2.48. The number of nitrogens with zero attached hydrogens (tertiary/aromatic N) is 1. The molecule has 2 rings (SSSR count). The average molecular weight is 385 g/mol. The molecule has 1 N–H and O–H groups in total. The van der Waals surface area contributed by atoms with E-state index in [-0.39, 0.29) is 24.0 Å². The van der Waals surface area contributed by atoms with Crippen molar-refractivity contribution in [3.63, 3.8) is 0 Å². The Balaban J connectivity index is 2.13. The van der Waals surface area contributed by atoms with Crippen LogP contribution in [0, 0.1) is 0 Å². The molecule has 0 saturated carbocycles. The van der Waals surface area contributed by atoms with Crippen LogP contribution >= 0.6 is 11.6 Å². The van der Waals surface area contributed by atoms with Gasteiger partial charge in [0.05, 0.1) is 11.3 Å². The molecule has 0 saturated heterocycles. The number of hydrogen-bond acceptors (Lipinski definition) is 2. The second kappa shape index (κ2) is 8.23. The number of nitrogens with one attached hydrogen (secondary N) is 1. The molecule has 26 heavy (non-hydrogen) atoms. The molecule has 0 radical (unpaired) electrons. The number of hydrogen-bond donors (Lipinski definition) is 1. The maximum atomic E-state index is 13.1. The summed E-state index contributed by atoms with van der Waals surface area (Å²) in [5, 5.41) is 2.11. The quantitative estimate of drug-likeness (QED) is 0.833. The number of halogens is 4. The molecule has 0 aliphatic carbocycles. The van der Waals surface area contributed by atoms with Crippen LogP contribution in [-0.4, -0.2) is 23.3 Å². The first-order valence-corrected chi connectivity index (χ1v) is 8.00. The Kier molecular flexibility index (Phi) is 6.26. The van der Waals surface area contributed by atoms with E-state index in [9.17, 15) is 22.8 Å². The molecular weight excluding hydrogens is 369 g/mol. The number of carbonyl (C=O) groups is 2. The van der Waals surface area contributed by atoms with Crippen molar-refractivity contribution in [1.29, 1.82) is 0 Å². The standard InChI is InChI=1S/C18H16ClF3N2O2/c1-12(25)24(10-13-5-3-2-4-6-13)11-17(26)23-16-8-7-14(19)9-15(16)18(20,21)22/h2-9H,10-11H2,1H3,(H,23,26). The number of amides is 2. The van der Waals surface area contributed by atoms with Gasteiger partial charge in [-0.15, -0.1) is 0 Å². The van der Waals surface area contributed by atoms with Crippen LogP contribution in [0.5, 0.6) is 0 Å². The maximum Gasteiger partial charge on any atom is 0.418 e. The van der Waals surface area contributed by atoms with Gasteiger partial charge in [-0.1, -0.05) is 41.9 Å². The molecule has 2 amide bonds. The second-order valence-corrected chi connectivity index (χ2v) is 6.03. The molecule has 2 aromatic rings. The van der Waals surface area contributed by atoms with E-state index in [0.29, 0.717) is 0 Å². The number of carbonyl (C=O) groups excluding carboxylic acids is 2. The van der Waals surface area contributed by atoms with E-state index in [4.69, 9.17) is 11.6 Å². The van der Waals surface area contributed by atoms with Crippen molar-refractivity contribution in [1.82, 2.24) is 4.90 Å². The molecule has 4 nitrogen and oxygen atoms in total. The largest absolute Gasteiger partial charge is 0.418 e. The zero-order valence-electron chi connectivity index (χ0n) is 13.8. The molecule has 0 spiro atoms. The minimum atomic E-state index is -4.67. The normalized spacial score (nSPS) is 11.1. The van der Waals surface area contributed by atoms with Gasteiger partial charge in [0.2, 0.25) is 11.8 Å². The Morgan fingerprint density at radius 2 is 1.77 bits per heavy atom. The molecule has 0 aliphatic rings. The zero-order chi connectivity index (χ0) is 19.3. The van der Waals surface area contributed by atoms with Crippen molar-refractivity contribution >= 4 is 29.1 Å². The fourth-order valence-electron chi connectivity index (χ4n) is 2.31. The summed E-state index contributed by atoms with van der Waals surface area (Å²) in [5.74, 6) is -1.10. The van der Waals surface area contributed by atoms with Gasteiger partial charge < -0.3 is 10.2 Å². The first-order valence-electron chi connectivity index (χ1n) is 7.63. The summed E-state index contributed by atoms with van der Waals surface area (Å²) in [7, 11) is 0. The van der Waals surface area contributed by atoms with E-state index in [1.54, 1.807) is 24.3 Å². The van der Waals surface area contributed by atoms with Gasteiger partial charge in [0, 0.05) is 18.5 Å². The maximum absolute atomic E-state index is 13.1. The third kappa shape index (κ3) is 5.49. The monoisotopic (exact) mass is 384 g/mol. The minimum Gasteiger partial charge on any atom is -0.329 e. The number of rotatable bonds is 5. The van der Waals surface area contributed by atoms with Crippen LogP contribution < -0.4 is 5.32 Å². The summed E-state index contributed by atoms with van der Waals surface area (Å²) in [6.45, 7) is 1.10. The highest BCUT2D eigenvalue weighted by atomic mass is 35.5. The summed E-state index contributed by atoms with van der Waals surface area (Å²) in [6.07, 6.45) is -4.67. The molecule has 0 bridgehead atoms. The van der Waals surface area contributed by atoms with E-state index in [0.717, 1.165) is 17.7 Å². The number of benzene rings is 2. The molecular formula is C18H16ClF3N2O2. The van der Waals surface area contributed by atoms with E-state index in [1.165, 1.54) is 17.9 Å². The summed E-state index contributed by atoms with van der Waals surface area (Å²) in [5.41, 5.74) is -0.649. The molecule has 0 aromatic heterocycles. The molecule has 2 aromatic carbocycles. The highest BCUT2D eigenvalue weighted by molar-refractivity contribution is 6.30. The highest BCUT2D eigenvalue weighted by Crippen LogP contribution is 2.36. The first kappa shape index (κ1) is 19.8. The average Bonchev–Trinajstić information content (AvgIpc) is 2.56. The molecule has 0 fully saturated rings. The van der Waals surface area contributed by atoms with Gasteiger partial charge in [-0.25, -0.2) is 0 Å². The van der Waals surface area contributed by atoms with Gasteiger partial charge in [0.25, 0.3) is 0 Å². The Bertz CT molecular complexity index is 795. The van der Waals surface area contributed by atoms with Gasteiger partial charge in [-0.05, 0) is 23.8 Å². The summed E-state index contributed by atoms with van der Waals surface area (Å²) in [6, 6.07) is 12.0. The second-order valence-electron chi connectivity index (χ2n) is 5.60. The molecule has 8 heteroatoms. The lowest BCUT2D eigenvalue weighted by Gasteiger charge is -2.21. The molecule has 0 heterocycles. The van der Waals surface area contributed by atoms with Crippen LogP contribution in [0.3, 0.4) is 0 Å². The topological polar surface area (TPSA) is 49.4 Å². The Morgan fingerprint density at radius 3 is 2.35 bits per heavy atom. The summed E-state index contributed by atoms with van der Waals surface area (Å²) < 4.78 is 39.2.